The van der Waals surface area contributed by atoms with Crippen molar-refractivity contribution in [3.05, 3.63) is 47.5 Å². The van der Waals surface area contributed by atoms with Gasteiger partial charge in [-0.1, -0.05) is 6.07 Å². The van der Waals surface area contributed by atoms with Crippen molar-refractivity contribution in [3.63, 3.8) is 0 Å². The molecule has 0 bridgehead atoms. The number of carbonyl (C=O) groups is 1. The van der Waals surface area contributed by atoms with Crippen molar-refractivity contribution in [1.82, 2.24) is 14.5 Å². The minimum atomic E-state index is 0.0227. The summed E-state index contributed by atoms with van der Waals surface area (Å²) < 4.78 is 2.06. The maximum Gasteiger partial charge on any atom is 0.322 e. The molecule has 25 heavy (non-hydrogen) atoms. The number of imidazole rings is 1. The van der Waals surface area contributed by atoms with Gasteiger partial charge in [0.2, 0.25) is 0 Å². The highest BCUT2D eigenvalue weighted by molar-refractivity contribution is 5.89. The highest BCUT2D eigenvalue weighted by atomic mass is 16.2. The van der Waals surface area contributed by atoms with Crippen LogP contribution >= 0.6 is 0 Å². The van der Waals surface area contributed by atoms with Crippen molar-refractivity contribution in [2.45, 2.75) is 52.0 Å². The van der Waals surface area contributed by atoms with Gasteiger partial charge in [-0.15, -0.1) is 0 Å². The van der Waals surface area contributed by atoms with Crippen molar-refractivity contribution in [2.24, 2.45) is 7.05 Å². The smallest absolute Gasteiger partial charge is 0.322 e. The Balaban J connectivity index is 1.65. The number of amides is 2. The third-order valence-electron chi connectivity index (χ3n) is 4.98. The second-order valence-electron chi connectivity index (χ2n) is 7.14. The Morgan fingerprint density at radius 3 is 2.68 bits per heavy atom. The zero-order valence-electron chi connectivity index (χ0n) is 15.5. The topological polar surface area (TPSA) is 50.2 Å². The zero-order valence-corrected chi connectivity index (χ0v) is 15.5. The van der Waals surface area contributed by atoms with Crippen LogP contribution in [0.1, 0.15) is 42.6 Å². The van der Waals surface area contributed by atoms with Crippen LogP contribution in [0.5, 0.6) is 0 Å². The highest BCUT2D eigenvalue weighted by Crippen LogP contribution is 2.23. The molecule has 3 rings (SSSR count). The monoisotopic (exact) mass is 340 g/mol. The Morgan fingerprint density at radius 2 is 2.00 bits per heavy atom. The fourth-order valence-corrected chi connectivity index (χ4v) is 3.74. The first-order valence-electron chi connectivity index (χ1n) is 9.15. The third-order valence-corrected chi connectivity index (χ3v) is 4.98. The molecule has 2 amide bonds. The fraction of sp³-hybridized carbons (Fsp3) is 0.500. The summed E-state index contributed by atoms with van der Waals surface area (Å²) >= 11 is 0. The lowest BCUT2D eigenvalue weighted by molar-refractivity contribution is 0.157. The number of likely N-dealkylation sites (tertiary alicyclic amines) is 1. The second kappa shape index (κ2) is 7.72. The van der Waals surface area contributed by atoms with E-state index in [1.54, 1.807) is 0 Å². The van der Waals surface area contributed by atoms with E-state index >= 15 is 0 Å². The SMILES string of the molecule is Cc1cc(C)cc(NC(=O)N2CCCC[C@@H]2CCc2nccn2C)c1. The van der Waals surface area contributed by atoms with Gasteiger partial charge in [-0.25, -0.2) is 9.78 Å². The lowest BCUT2D eigenvalue weighted by Gasteiger charge is -2.35. The Bertz CT molecular complexity index is 717. The number of nitrogens with one attached hydrogen (secondary N) is 1. The van der Waals surface area contributed by atoms with E-state index in [4.69, 9.17) is 0 Å². The van der Waals surface area contributed by atoms with Gasteiger partial charge < -0.3 is 14.8 Å². The van der Waals surface area contributed by atoms with E-state index in [0.29, 0.717) is 0 Å². The van der Waals surface area contributed by atoms with Gasteiger partial charge in [-0.05, 0) is 62.8 Å². The third kappa shape index (κ3) is 4.41. The van der Waals surface area contributed by atoms with Gasteiger partial charge in [-0.2, -0.15) is 0 Å². The van der Waals surface area contributed by atoms with Crippen molar-refractivity contribution in [1.29, 1.82) is 0 Å². The molecule has 5 nitrogen and oxygen atoms in total. The molecule has 0 radical (unpaired) electrons. The standard InChI is InChI=1S/C20H28N4O/c1-15-12-16(2)14-17(13-15)22-20(25)24-10-5-4-6-18(24)7-8-19-21-9-11-23(19)3/h9,11-14,18H,4-8,10H2,1-3H3,(H,22,25)/t18-/m1/s1. The summed E-state index contributed by atoms with van der Waals surface area (Å²) in [5.41, 5.74) is 3.22. The van der Waals surface area contributed by atoms with Gasteiger partial charge in [0, 0.05) is 44.1 Å². The number of hydrogen-bond donors (Lipinski definition) is 1. The van der Waals surface area contributed by atoms with Crippen LogP contribution in [0.25, 0.3) is 0 Å². The van der Waals surface area contributed by atoms with Crippen LogP contribution in [0.2, 0.25) is 0 Å². The molecule has 0 saturated carbocycles. The number of aromatic nitrogens is 2. The molecule has 0 unspecified atom stereocenters. The van der Waals surface area contributed by atoms with Crippen LogP contribution in [-0.4, -0.2) is 33.1 Å². The van der Waals surface area contributed by atoms with Crippen molar-refractivity contribution in [3.8, 4) is 0 Å². The number of rotatable bonds is 4. The molecule has 5 heteroatoms. The summed E-state index contributed by atoms with van der Waals surface area (Å²) in [5.74, 6) is 1.08. The quantitative estimate of drug-likeness (QED) is 0.912. The molecule has 1 aromatic heterocycles. The van der Waals surface area contributed by atoms with E-state index in [1.807, 2.05) is 36.5 Å². The van der Waals surface area contributed by atoms with Gasteiger partial charge in [0.1, 0.15) is 5.82 Å². The van der Waals surface area contributed by atoms with E-state index in [1.165, 1.54) is 17.5 Å². The molecular formula is C20H28N4O. The summed E-state index contributed by atoms with van der Waals surface area (Å²) in [6.07, 6.45) is 9.02. The van der Waals surface area contributed by atoms with E-state index in [9.17, 15) is 4.79 Å². The molecule has 1 N–H and O–H groups in total. The Hall–Kier alpha value is -2.30. The number of urea groups is 1. The van der Waals surface area contributed by atoms with Gasteiger partial charge in [0.15, 0.2) is 0 Å². The van der Waals surface area contributed by atoms with Crippen LogP contribution in [0.4, 0.5) is 10.5 Å². The predicted octanol–water partition coefficient (Wildman–Crippen LogP) is 4.06. The summed E-state index contributed by atoms with van der Waals surface area (Å²) in [7, 11) is 2.02. The Labute approximate surface area is 150 Å². The number of hydrogen-bond acceptors (Lipinski definition) is 2. The molecule has 0 aliphatic carbocycles. The van der Waals surface area contributed by atoms with E-state index in [-0.39, 0.29) is 12.1 Å². The first-order chi connectivity index (χ1) is 12.0. The number of aryl methyl sites for hydroxylation is 4. The minimum Gasteiger partial charge on any atom is -0.338 e. The molecule has 1 aromatic carbocycles. The summed E-state index contributed by atoms with van der Waals surface area (Å²) in [6.45, 7) is 4.94. The highest BCUT2D eigenvalue weighted by Gasteiger charge is 2.26. The first-order valence-corrected chi connectivity index (χ1v) is 9.15. The molecule has 1 aliphatic rings. The van der Waals surface area contributed by atoms with E-state index in [0.717, 1.165) is 43.7 Å². The van der Waals surface area contributed by atoms with E-state index < -0.39 is 0 Å². The average molecular weight is 340 g/mol. The van der Waals surface area contributed by atoms with Gasteiger partial charge >= 0.3 is 6.03 Å². The molecule has 2 heterocycles. The van der Waals surface area contributed by atoms with Crippen molar-refractivity contribution >= 4 is 11.7 Å². The first kappa shape index (κ1) is 17.5. The predicted molar refractivity (Wildman–Crippen MR) is 101 cm³/mol. The Kier molecular flexibility index (Phi) is 5.41. The number of nitrogens with zero attached hydrogens (tertiary/aromatic N) is 3. The molecule has 1 aliphatic heterocycles. The molecule has 1 fully saturated rings. The summed E-state index contributed by atoms with van der Waals surface area (Å²) in [4.78, 5) is 19.2. The summed E-state index contributed by atoms with van der Waals surface area (Å²) in [6, 6.07) is 6.48. The molecule has 134 valence electrons. The second-order valence-corrected chi connectivity index (χ2v) is 7.14. The van der Waals surface area contributed by atoms with Crippen LogP contribution in [0, 0.1) is 13.8 Å². The fourth-order valence-electron chi connectivity index (χ4n) is 3.74. The molecular weight excluding hydrogens is 312 g/mol. The van der Waals surface area contributed by atoms with Gasteiger partial charge in [0.05, 0.1) is 0 Å². The average Bonchev–Trinajstić information content (AvgIpc) is 2.97. The molecule has 1 saturated heterocycles. The number of piperidine rings is 1. The number of carbonyl (C=O) groups excluding carboxylic acids is 1. The largest absolute Gasteiger partial charge is 0.338 e. The number of benzene rings is 1. The summed E-state index contributed by atoms with van der Waals surface area (Å²) in [5, 5.41) is 3.09. The molecule has 0 spiro atoms. The van der Waals surface area contributed by atoms with Crippen molar-refractivity contribution in [2.75, 3.05) is 11.9 Å². The molecule has 2 aromatic rings. The van der Waals surface area contributed by atoms with Gasteiger partial charge in [-0.3, -0.25) is 0 Å². The minimum absolute atomic E-state index is 0.0227. The Morgan fingerprint density at radius 1 is 1.24 bits per heavy atom. The van der Waals surface area contributed by atoms with E-state index in [2.05, 4.69) is 34.8 Å². The normalized spacial score (nSPS) is 17.6. The lowest BCUT2D eigenvalue weighted by atomic mass is 9.98. The van der Waals surface area contributed by atoms with Crippen LogP contribution in [0.3, 0.4) is 0 Å². The van der Waals surface area contributed by atoms with Crippen LogP contribution in [-0.2, 0) is 13.5 Å². The maximum atomic E-state index is 12.8. The maximum absolute atomic E-state index is 12.8. The zero-order chi connectivity index (χ0) is 17.8. The van der Waals surface area contributed by atoms with Gasteiger partial charge in [0.25, 0.3) is 0 Å². The van der Waals surface area contributed by atoms with Crippen LogP contribution < -0.4 is 5.32 Å². The van der Waals surface area contributed by atoms with Crippen LogP contribution in [0.15, 0.2) is 30.6 Å². The number of anilines is 1. The molecule has 1 atom stereocenters. The van der Waals surface area contributed by atoms with Crippen molar-refractivity contribution < 1.29 is 4.79 Å². The lowest BCUT2D eigenvalue weighted by Crippen LogP contribution is -2.46.